The van der Waals surface area contributed by atoms with Crippen molar-refractivity contribution in [2.45, 2.75) is 20.3 Å². The number of aromatic nitrogens is 1. The number of nitrogens with one attached hydrogen (secondary N) is 2. The van der Waals surface area contributed by atoms with E-state index in [1.54, 1.807) is 12.3 Å². The molecule has 2 aromatic carbocycles. The lowest BCUT2D eigenvalue weighted by molar-refractivity contribution is 0.102. The molecule has 3 aromatic rings. The molecule has 4 nitrogen and oxygen atoms in total. The summed E-state index contributed by atoms with van der Waals surface area (Å²) < 4.78 is 0. The van der Waals surface area contributed by atoms with E-state index < -0.39 is 0 Å². The molecule has 0 unspecified atom stereocenters. The van der Waals surface area contributed by atoms with Crippen molar-refractivity contribution in [1.82, 2.24) is 4.98 Å². The lowest BCUT2D eigenvalue weighted by atomic mass is 10.1. The SMILES string of the molecule is CCc1ccc(Nc2ccc(NC(=O)c3cccc(C)c3)cn2)cc1. The monoisotopic (exact) mass is 331 g/mol. The first-order valence-corrected chi connectivity index (χ1v) is 8.34. The first-order valence-electron chi connectivity index (χ1n) is 8.34. The number of amides is 1. The van der Waals surface area contributed by atoms with Gasteiger partial charge in [-0.15, -0.1) is 0 Å². The lowest BCUT2D eigenvalue weighted by Gasteiger charge is -2.09. The zero-order chi connectivity index (χ0) is 17.6. The summed E-state index contributed by atoms with van der Waals surface area (Å²) in [5.74, 6) is 0.596. The fourth-order valence-electron chi connectivity index (χ4n) is 2.50. The van der Waals surface area contributed by atoms with Gasteiger partial charge in [0.25, 0.3) is 5.91 Å². The summed E-state index contributed by atoms with van der Waals surface area (Å²) in [7, 11) is 0. The fraction of sp³-hybridized carbons (Fsp3) is 0.143. The smallest absolute Gasteiger partial charge is 0.255 e. The number of pyridine rings is 1. The van der Waals surface area contributed by atoms with Gasteiger partial charge in [-0.3, -0.25) is 4.79 Å². The summed E-state index contributed by atoms with van der Waals surface area (Å²) in [6.07, 6.45) is 2.67. The molecule has 0 saturated carbocycles. The molecule has 0 bridgehead atoms. The molecule has 0 radical (unpaired) electrons. The minimum Gasteiger partial charge on any atom is -0.340 e. The van der Waals surface area contributed by atoms with Crippen molar-refractivity contribution in [1.29, 1.82) is 0 Å². The third-order valence-corrected chi connectivity index (χ3v) is 3.94. The zero-order valence-electron chi connectivity index (χ0n) is 14.4. The van der Waals surface area contributed by atoms with E-state index in [4.69, 9.17) is 0 Å². The van der Waals surface area contributed by atoms with Crippen LogP contribution in [-0.2, 0) is 6.42 Å². The summed E-state index contributed by atoms with van der Waals surface area (Å²) in [5, 5.41) is 6.11. The molecule has 1 amide bonds. The molecule has 25 heavy (non-hydrogen) atoms. The van der Waals surface area contributed by atoms with Gasteiger partial charge in [0.1, 0.15) is 5.82 Å². The van der Waals surface area contributed by atoms with E-state index in [0.717, 1.165) is 23.5 Å². The van der Waals surface area contributed by atoms with Crippen LogP contribution in [0.3, 0.4) is 0 Å². The van der Waals surface area contributed by atoms with Crippen LogP contribution in [-0.4, -0.2) is 10.9 Å². The van der Waals surface area contributed by atoms with Crippen molar-refractivity contribution < 1.29 is 4.79 Å². The van der Waals surface area contributed by atoms with Crippen LogP contribution in [0.4, 0.5) is 17.2 Å². The highest BCUT2D eigenvalue weighted by Gasteiger charge is 2.06. The summed E-state index contributed by atoms with van der Waals surface area (Å²) >= 11 is 0. The van der Waals surface area contributed by atoms with Crippen LogP contribution in [0, 0.1) is 6.92 Å². The third kappa shape index (κ3) is 4.44. The van der Waals surface area contributed by atoms with Crippen molar-refractivity contribution in [3.8, 4) is 0 Å². The molecule has 0 saturated heterocycles. The molecular formula is C21H21N3O. The van der Waals surface area contributed by atoms with Crippen LogP contribution in [0.15, 0.2) is 66.9 Å². The van der Waals surface area contributed by atoms with Crippen LogP contribution < -0.4 is 10.6 Å². The Hall–Kier alpha value is -3.14. The minimum atomic E-state index is -0.138. The third-order valence-electron chi connectivity index (χ3n) is 3.94. The molecule has 126 valence electrons. The zero-order valence-corrected chi connectivity index (χ0v) is 14.4. The number of nitrogens with zero attached hydrogens (tertiary/aromatic N) is 1. The topological polar surface area (TPSA) is 54.0 Å². The highest BCUT2D eigenvalue weighted by atomic mass is 16.1. The standard InChI is InChI=1S/C21H21N3O/c1-3-16-7-9-18(10-8-16)23-20-12-11-19(14-22-20)24-21(25)17-6-4-5-15(2)13-17/h4-14H,3H2,1-2H3,(H,22,23)(H,24,25). The van der Waals surface area contributed by atoms with Gasteiger partial charge in [0.05, 0.1) is 11.9 Å². The maximum absolute atomic E-state index is 12.2. The van der Waals surface area contributed by atoms with Gasteiger partial charge < -0.3 is 10.6 Å². The van der Waals surface area contributed by atoms with Gasteiger partial charge in [0, 0.05) is 11.3 Å². The number of carbonyl (C=O) groups excluding carboxylic acids is 1. The van der Waals surface area contributed by atoms with E-state index >= 15 is 0 Å². The number of aryl methyl sites for hydroxylation is 2. The normalized spacial score (nSPS) is 10.3. The van der Waals surface area contributed by atoms with Crippen molar-refractivity contribution in [3.05, 3.63) is 83.6 Å². The van der Waals surface area contributed by atoms with E-state index in [-0.39, 0.29) is 5.91 Å². The fourth-order valence-corrected chi connectivity index (χ4v) is 2.50. The maximum atomic E-state index is 12.2. The van der Waals surface area contributed by atoms with Gasteiger partial charge in [0.2, 0.25) is 0 Å². The van der Waals surface area contributed by atoms with Crippen molar-refractivity contribution >= 4 is 23.1 Å². The Morgan fingerprint density at radius 1 is 1.00 bits per heavy atom. The molecule has 3 rings (SSSR count). The van der Waals surface area contributed by atoms with E-state index in [9.17, 15) is 4.79 Å². The van der Waals surface area contributed by atoms with E-state index in [2.05, 4.69) is 34.7 Å². The van der Waals surface area contributed by atoms with Crippen molar-refractivity contribution in [2.75, 3.05) is 10.6 Å². The number of anilines is 3. The molecule has 0 aliphatic rings. The highest BCUT2D eigenvalue weighted by molar-refractivity contribution is 6.04. The Morgan fingerprint density at radius 3 is 2.40 bits per heavy atom. The Morgan fingerprint density at radius 2 is 1.76 bits per heavy atom. The molecule has 1 aromatic heterocycles. The summed E-state index contributed by atoms with van der Waals surface area (Å²) in [4.78, 5) is 16.6. The molecule has 4 heteroatoms. The quantitative estimate of drug-likeness (QED) is 0.695. The largest absolute Gasteiger partial charge is 0.340 e. The predicted molar refractivity (Wildman–Crippen MR) is 102 cm³/mol. The van der Waals surface area contributed by atoms with Gasteiger partial charge in [-0.05, 0) is 55.3 Å². The van der Waals surface area contributed by atoms with Crippen LogP contribution in [0.1, 0.15) is 28.4 Å². The van der Waals surface area contributed by atoms with Gasteiger partial charge in [-0.1, -0.05) is 36.8 Å². The summed E-state index contributed by atoms with van der Waals surface area (Å²) in [6.45, 7) is 4.10. The molecule has 0 atom stereocenters. The minimum absolute atomic E-state index is 0.138. The number of hydrogen-bond donors (Lipinski definition) is 2. The summed E-state index contributed by atoms with van der Waals surface area (Å²) in [6, 6.07) is 19.4. The lowest BCUT2D eigenvalue weighted by Crippen LogP contribution is -2.12. The Kier molecular flexibility index (Phi) is 5.09. The first-order chi connectivity index (χ1) is 12.1. The maximum Gasteiger partial charge on any atom is 0.255 e. The number of benzene rings is 2. The van der Waals surface area contributed by atoms with Gasteiger partial charge >= 0.3 is 0 Å². The number of rotatable bonds is 5. The molecular weight excluding hydrogens is 310 g/mol. The molecule has 0 spiro atoms. The Labute approximate surface area is 147 Å². The second-order valence-corrected chi connectivity index (χ2v) is 5.93. The van der Waals surface area contributed by atoms with Gasteiger partial charge in [0.15, 0.2) is 0 Å². The molecule has 2 N–H and O–H groups in total. The predicted octanol–water partition coefficient (Wildman–Crippen LogP) is 4.95. The average Bonchev–Trinajstić information content (AvgIpc) is 2.64. The van der Waals surface area contributed by atoms with Crippen LogP contribution in [0.5, 0.6) is 0 Å². The van der Waals surface area contributed by atoms with E-state index in [1.807, 2.05) is 49.4 Å². The number of hydrogen-bond acceptors (Lipinski definition) is 3. The second kappa shape index (κ2) is 7.62. The molecule has 0 aliphatic carbocycles. The Balaban J connectivity index is 1.64. The molecule has 0 aliphatic heterocycles. The second-order valence-electron chi connectivity index (χ2n) is 5.93. The van der Waals surface area contributed by atoms with Gasteiger partial charge in [-0.2, -0.15) is 0 Å². The van der Waals surface area contributed by atoms with Crippen molar-refractivity contribution in [3.63, 3.8) is 0 Å². The average molecular weight is 331 g/mol. The first kappa shape index (κ1) is 16.7. The Bertz CT molecular complexity index is 855. The number of carbonyl (C=O) groups is 1. The van der Waals surface area contributed by atoms with Crippen LogP contribution >= 0.6 is 0 Å². The summed E-state index contributed by atoms with van der Waals surface area (Å²) in [5.41, 5.74) is 4.64. The van der Waals surface area contributed by atoms with Crippen molar-refractivity contribution in [2.24, 2.45) is 0 Å². The van der Waals surface area contributed by atoms with Crippen LogP contribution in [0.2, 0.25) is 0 Å². The molecule has 1 heterocycles. The van der Waals surface area contributed by atoms with Crippen LogP contribution in [0.25, 0.3) is 0 Å². The van der Waals surface area contributed by atoms with E-state index in [1.165, 1.54) is 5.56 Å². The molecule has 0 fully saturated rings. The highest BCUT2D eigenvalue weighted by Crippen LogP contribution is 2.17. The van der Waals surface area contributed by atoms with E-state index in [0.29, 0.717) is 11.3 Å². The van der Waals surface area contributed by atoms with Gasteiger partial charge in [-0.25, -0.2) is 4.98 Å².